The zero-order valence-electron chi connectivity index (χ0n) is 11.0. The van der Waals surface area contributed by atoms with Gasteiger partial charge in [-0.2, -0.15) is 0 Å². The first kappa shape index (κ1) is 11.1. The molecule has 4 nitrogen and oxygen atoms in total. The zero-order valence-corrected chi connectivity index (χ0v) is 11.0. The van der Waals surface area contributed by atoms with Gasteiger partial charge in [0.2, 0.25) is 0 Å². The Balaban J connectivity index is 1.93. The molecule has 0 saturated carbocycles. The van der Waals surface area contributed by atoms with Gasteiger partial charge in [-0.15, -0.1) is 0 Å². The molecule has 4 rings (SSSR count). The number of hydrogen-bond donors (Lipinski definition) is 1. The smallest absolute Gasteiger partial charge is 0.198 e. The second-order valence-electron chi connectivity index (χ2n) is 4.84. The molecule has 2 aromatic carbocycles. The average molecular weight is 260 g/mol. The SMILES string of the molecule is Cc1ccc(-c2nc3nc4ccccc4nc3[nH]2)cc1. The predicted molar refractivity (Wildman–Crippen MR) is 79.4 cm³/mol. The van der Waals surface area contributed by atoms with Crippen molar-refractivity contribution < 1.29 is 0 Å². The summed E-state index contributed by atoms with van der Waals surface area (Å²) in [5, 5.41) is 0. The number of rotatable bonds is 1. The number of imidazole rings is 1. The van der Waals surface area contributed by atoms with Gasteiger partial charge in [0.25, 0.3) is 0 Å². The lowest BCUT2D eigenvalue weighted by atomic mass is 10.1. The molecule has 0 aliphatic carbocycles. The summed E-state index contributed by atoms with van der Waals surface area (Å²) < 4.78 is 0. The standard InChI is InChI=1S/C16H12N4/c1-10-6-8-11(9-7-10)14-19-15-16(20-14)18-13-5-3-2-4-12(13)17-15/h2-9H,1H3,(H,17,18,19,20). The van der Waals surface area contributed by atoms with E-state index in [4.69, 9.17) is 0 Å². The molecule has 0 radical (unpaired) electrons. The lowest BCUT2D eigenvalue weighted by Crippen LogP contribution is -1.85. The number of nitrogens with one attached hydrogen (secondary N) is 1. The van der Waals surface area contributed by atoms with E-state index >= 15 is 0 Å². The van der Waals surface area contributed by atoms with Crippen molar-refractivity contribution in [2.24, 2.45) is 0 Å². The molecule has 0 amide bonds. The van der Waals surface area contributed by atoms with Crippen LogP contribution < -0.4 is 0 Å². The van der Waals surface area contributed by atoms with Gasteiger partial charge in [-0.1, -0.05) is 42.0 Å². The topological polar surface area (TPSA) is 54.5 Å². The Morgan fingerprint density at radius 2 is 1.50 bits per heavy atom. The zero-order chi connectivity index (χ0) is 13.5. The van der Waals surface area contributed by atoms with Crippen LogP contribution in [-0.4, -0.2) is 19.9 Å². The van der Waals surface area contributed by atoms with Crippen LogP contribution in [0.3, 0.4) is 0 Å². The monoisotopic (exact) mass is 260 g/mol. The molecule has 2 heterocycles. The Hall–Kier alpha value is -2.75. The minimum absolute atomic E-state index is 0.652. The van der Waals surface area contributed by atoms with Crippen molar-refractivity contribution in [3.05, 3.63) is 54.1 Å². The first-order valence-corrected chi connectivity index (χ1v) is 6.49. The van der Waals surface area contributed by atoms with Crippen LogP contribution in [0.5, 0.6) is 0 Å². The highest BCUT2D eigenvalue weighted by molar-refractivity contribution is 5.84. The molecule has 4 aromatic rings. The third kappa shape index (κ3) is 1.73. The van der Waals surface area contributed by atoms with E-state index in [1.54, 1.807) is 0 Å². The lowest BCUT2D eigenvalue weighted by molar-refractivity contribution is 1.31. The number of aromatic amines is 1. The molecule has 96 valence electrons. The number of aromatic nitrogens is 4. The minimum atomic E-state index is 0.652. The summed E-state index contributed by atoms with van der Waals surface area (Å²) in [6.45, 7) is 2.07. The number of hydrogen-bond acceptors (Lipinski definition) is 3. The minimum Gasteiger partial charge on any atom is -0.321 e. The highest BCUT2D eigenvalue weighted by Crippen LogP contribution is 2.20. The fourth-order valence-corrected chi connectivity index (χ4v) is 2.25. The maximum Gasteiger partial charge on any atom is 0.198 e. The summed E-state index contributed by atoms with van der Waals surface area (Å²) in [4.78, 5) is 16.9. The van der Waals surface area contributed by atoms with Crippen LogP contribution in [0.25, 0.3) is 33.7 Å². The summed E-state index contributed by atoms with van der Waals surface area (Å²) in [5.74, 6) is 0.801. The molecule has 0 aliphatic rings. The number of H-pyrrole nitrogens is 1. The quantitative estimate of drug-likeness (QED) is 0.570. The van der Waals surface area contributed by atoms with Crippen LogP contribution in [0.4, 0.5) is 0 Å². The van der Waals surface area contributed by atoms with Gasteiger partial charge < -0.3 is 4.98 Å². The molecule has 0 fully saturated rings. The molecule has 0 atom stereocenters. The fraction of sp³-hybridized carbons (Fsp3) is 0.0625. The molecule has 4 heteroatoms. The Labute approximate surface area is 115 Å². The van der Waals surface area contributed by atoms with E-state index in [0.717, 1.165) is 28.1 Å². The second kappa shape index (κ2) is 4.13. The summed E-state index contributed by atoms with van der Waals surface area (Å²) >= 11 is 0. The normalized spacial score (nSPS) is 11.2. The Kier molecular flexibility index (Phi) is 2.29. The van der Waals surface area contributed by atoms with Crippen LogP contribution in [0.1, 0.15) is 5.56 Å². The van der Waals surface area contributed by atoms with Crippen molar-refractivity contribution in [2.45, 2.75) is 6.92 Å². The van der Waals surface area contributed by atoms with Gasteiger partial charge in [0, 0.05) is 5.56 Å². The fourth-order valence-electron chi connectivity index (χ4n) is 2.25. The number of nitrogens with zero attached hydrogens (tertiary/aromatic N) is 3. The molecular formula is C16H12N4. The maximum atomic E-state index is 4.56. The van der Waals surface area contributed by atoms with E-state index in [1.807, 2.05) is 36.4 Å². The molecule has 0 aliphatic heterocycles. The third-order valence-corrected chi connectivity index (χ3v) is 3.33. The van der Waals surface area contributed by atoms with Gasteiger partial charge in [-0.05, 0) is 19.1 Å². The summed E-state index contributed by atoms with van der Waals surface area (Å²) in [7, 11) is 0. The summed E-state index contributed by atoms with van der Waals surface area (Å²) in [6, 6.07) is 16.0. The van der Waals surface area contributed by atoms with Crippen molar-refractivity contribution in [3.8, 4) is 11.4 Å². The molecule has 0 bridgehead atoms. The van der Waals surface area contributed by atoms with Gasteiger partial charge >= 0.3 is 0 Å². The summed E-state index contributed by atoms with van der Waals surface area (Å²) in [5.41, 5.74) is 5.38. The van der Waals surface area contributed by atoms with E-state index < -0.39 is 0 Å². The van der Waals surface area contributed by atoms with E-state index in [9.17, 15) is 0 Å². The van der Waals surface area contributed by atoms with Crippen molar-refractivity contribution in [1.29, 1.82) is 0 Å². The van der Waals surface area contributed by atoms with Crippen LogP contribution in [-0.2, 0) is 0 Å². The van der Waals surface area contributed by atoms with Crippen LogP contribution in [0, 0.1) is 6.92 Å². The molecule has 20 heavy (non-hydrogen) atoms. The molecule has 2 aromatic heterocycles. The molecule has 0 saturated heterocycles. The van der Waals surface area contributed by atoms with E-state index in [-0.39, 0.29) is 0 Å². The Bertz CT molecular complexity index is 854. The van der Waals surface area contributed by atoms with E-state index in [1.165, 1.54) is 5.56 Å². The Morgan fingerprint density at radius 3 is 2.25 bits per heavy atom. The number of aryl methyl sites for hydroxylation is 1. The first-order chi connectivity index (χ1) is 9.79. The first-order valence-electron chi connectivity index (χ1n) is 6.49. The number of fused-ring (bicyclic) bond motifs is 2. The molecule has 1 N–H and O–H groups in total. The van der Waals surface area contributed by atoms with Crippen LogP contribution in [0.15, 0.2) is 48.5 Å². The van der Waals surface area contributed by atoms with Crippen LogP contribution >= 0.6 is 0 Å². The third-order valence-electron chi connectivity index (χ3n) is 3.33. The van der Waals surface area contributed by atoms with E-state index in [2.05, 4.69) is 39.0 Å². The van der Waals surface area contributed by atoms with Crippen molar-refractivity contribution in [3.63, 3.8) is 0 Å². The largest absolute Gasteiger partial charge is 0.321 e. The average Bonchev–Trinajstić information content (AvgIpc) is 2.88. The molecule has 0 spiro atoms. The Morgan fingerprint density at radius 1 is 0.800 bits per heavy atom. The number of benzene rings is 2. The van der Waals surface area contributed by atoms with Crippen molar-refractivity contribution in [1.82, 2.24) is 19.9 Å². The van der Waals surface area contributed by atoms with E-state index in [0.29, 0.717) is 5.65 Å². The lowest BCUT2D eigenvalue weighted by Gasteiger charge is -1.96. The van der Waals surface area contributed by atoms with Gasteiger partial charge in [0.15, 0.2) is 11.3 Å². The second-order valence-corrected chi connectivity index (χ2v) is 4.84. The highest BCUT2D eigenvalue weighted by Gasteiger charge is 2.08. The predicted octanol–water partition coefficient (Wildman–Crippen LogP) is 3.48. The van der Waals surface area contributed by atoms with Crippen molar-refractivity contribution in [2.75, 3.05) is 0 Å². The summed E-state index contributed by atoms with van der Waals surface area (Å²) in [6.07, 6.45) is 0. The van der Waals surface area contributed by atoms with Gasteiger partial charge in [-0.3, -0.25) is 0 Å². The molecular weight excluding hydrogens is 248 g/mol. The highest BCUT2D eigenvalue weighted by atomic mass is 15.0. The van der Waals surface area contributed by atoms with Gasteiger partial charge in [0.1, 0.15) is 5.82 Å². The van der Waals surface area contributed by atoms with Gasteiger partial charge in [0.05, 0.1) is 11.0 Å². The van der Waals surface area contributed by atoms with Crippen LogP contribution in [0.2, 0.25) is 0 Å². The maximum absolute atomic E-state index is 4.56. The number of para-hydroxylation sites is 2. The molecule has 0 unspecified atom stereocenters. The van der Waals surface area contributed by atoms with Crippen molar-refractivity contribution >= 4 is 22.3 Å². The van der Waals surface area contributed by atoms with Gasteiger partial charge in [-0.25, -0.2) is 15.0 Å².